The quantitative estimate of drug-likeness (QED) is 0.100. The number of hydrogen-bond donors (Lipinski definition) is 1. The normalized spacial score (nSPS) is 16.2. The zero-order valence-corrected chi connectivity index (χ0v) is 35.3. The molecule has 1 N–H and O–H groups in total. The van der Waals surface area contributed by atoms with Gasteiger partial charge in [0.25, 0.3) is 5.91 Å². The number of hydrogen-bond acceptors (Lipinski definition) is 3. The van der Waals surface area contributed by atoms with Gasteiger partial charge in [-0.05, 0) is 112 Å². The highest BCUT2D eigenvalue weighted by Gasteiger charge is 2.39. The van der Waals surface area contributed by atoms with Gasteiger partial charge in [-0.2, -0.15) is 0 Å². The first-order valence-corrected chi connectivity index (χ1v) is 21.3. The number of nitrogens with zero attached hydrogens (tertiary/aromatic N) is 1. The van der Waals surface area contributed by atoms with Crippen LogP contribution < -0.4 is 4.72 Å². The zero-order valence-electron chi connectivity index (χ0n) is 34.5. The van der Waals surface area contributed by atoms with Gasteiger partial charge in [-0.1, -0.05) is 156 Å². The topological polar surface area (TPSA) is 41.5 Å². The molecule has 0 radical (unpaired) electrons. The lowest BCUT2D eigenvalue weighted by molar-refractivity contribution is -0.125. The molecule has 0 saturated heterocycles. The predicted octanol–water partition coefficient (Wildman–Crippen LogP) is 14.8. The fourth-order valence-electron chi connectivity index (χ4n) is 6.08. The number of carbonyl (C=O) groups excluding carboxylic acids is 1. The largest absolute Gasteiger partial charge is 0.329 e. The van der Waals surface area contributed by atoms with Crippen molar-refractivity contribution in [1.29, 1.82) is 0 Å². The number of nitrogens with one attached hydrogen (secondary N) is 1. The minimum Gasteiger partial charge on any atom is -0.329 e. The molecular weight excluding hydrogens is 617 g/mol. The van der Waals surface area contributed by atoms with E-state index in [1.165, 1.54) is 118 Å². The van der Waals surface area contributed by atoms with E-state index in [2.05, 4.69) is 89.9 Å². The Morgan fingerprint density at radius 2 is 1.51 bits per heavy atom. The molecule has 1 fully saturated rings. The molecule has 1 atom stereocenters. The van der Waals surface area contributed by atoms with Gasteiger partial charge in [0, 0.05) is 11.5 Å². The van der Waals surface area contributed by atoms with Crippen molar-refractivity contribution in [1.82, 2.24) is 4.72 Å². The zero-order chi connectivity index (χ0) is 37.2. The summed E-state index contributed by atoms with van der Waals surface area (Å²) >= 11 is 1.68. The Bertz CT molecular complexity index is 1070. The van der Waals surface area contributed by atoms with Gasteiger partial charge in [0.05, 0.1) is 11.1 Å². The first kappa shape index (κ1) is 47.2. The van der Waals surface area contributed by atoms with Crippen LogP contribution in [0.4, 0.5) is 0 Å². The van der Waals surface area contributed by atoms with E-state index < -0.39 is 5.41 Å². The smallest absolute Gasteiger partial charge is 0.252 e. The highest BCUT2D eigenvalue weighted by atomic mass is 32.2. The maximum Gasteiger partial charge on any atom is 0.252 e. The molecule has 0 bridgehead atoms. The van der Waals surface area contributed by atoms with Crippen molar-refractivity contribution in [3.05, 3.63) is 52.6 Å². The Morgan fingerprint density at radius 1 is 0.918 bits per heavy atom. The number of allylic oxidation sites excluding steroid dienone is 2. The van der Waals surface area contributed by atoms with E-state index >= 15 is 0 Å². The van der Waals surface area contributed by atoms with E-state index in [-0.39, 0.29) is 11.2 Å². The van der Waals surface area contributed by atoms with Crippen LogP contribution in [-0.2, 0) is 4.79 Å². The molecule has 1 aliphatic heterocycles. The number of amides is 1. The Balaban J connectivity index is 0.00000129. The second-order valence-corrected chi connectivity index (χ2v) is 15.8. The lowest BCUT2D eigenvalue weighted by Gasteiger charge is -2.30. The molecule has 49 heavy (non-hydrogen) atoms. The number of carbonyl (C=O) groups is 1. The number of unbranched alkanes of at least 4 members (excludes halogenated alkanes) is 4. The molecule has 0 aromatic heterocycles. The van der Waals surface area contributed by atoms with Crippen LogP contribution in [0, 0.1) is 31.1 Å². The molecule has 2 aliphatic rings. The van der Waals surface area contributed by atoms with Crippen molar-refractivity contribution in [3.8, 4) is 0 Å². The van der Waals surface area contributed by atoms with E-state index in [1.54, 1.807) is 11.9 Å². The summed E-state index contributed by atoms with van der Waals surface area (Å²) in [4.78, 5) is 17.5. The molecule has 282 valence electrons. The molecular formula is C45H80N2OS. The van der Waals surface area contributed by atoms with Crippen molar-refractivity contribution in [3.63, 3.8) is 0 Å². The lowest BCUT2D eigenvalue weighted by atomic mass is 9.82. The fourth-order valence-corrected chi connectivity index (χ4v) is 7.26. The molecule has 1 aromatic rings. The Labute approximate surface area is 310 Å². The average molecular weight is 697 g/mol. The number of aryl methyl sites for hydroxylation is 2. The van der Waals surface area contributed by atoms with E-state index in [1.807, 2.05) is 33.9 Å². The summed E-state index contributed by atoms with van der Waals surface area (Å²) in [7, 11) is 0. The molecule has 3 rings (SSSR count). The van der Waals surface area contributed by atoms with Crippen LogP contribution in [0.3, 0.4) is 0 Å². The Morgan fingerprint density at radius 3 is 2.00 bits per heavy atom. The van der Waals surface area contributed by atoms with Gasteiger partial charge >= 0.3 is 0 Å². The molecule has 1 aliphatic carbocycles. The molecule has 1 saturated carbocycles. The summed E-state index contributed by atoms with van der Waals surface area (Å²) < 4.78 is 3.71. The molecule has 3 nitrogen and oxygen atoms in total. The van der Waals surface area contributed by atoms with Gasteiger partial charge in [0.1, 0.15) is 0 Å². The molecule has 1 amide bonds. The maximum absolute atomic E-state index is 13.1. The van der Waals surface area contributed by atoms with E-state index in [0.29, 0.717) is 0 Å². The Kier molecular flexibility index (Phi) is 26.8. The summed E-state index contributed by atoms with van der Waals surface area (Å²) in [5.74, 6) is 1.86. The monoisotopic (exact) mass is 697 g/mol. The van der Waals surface area contributed by atoms with Crippen LogP contribution in [-0.4, -0.2) is 17.4 Å². The SMILES string of the molecule is C=C1CC(C(C)(C)C(=O)N=CCCC2CC2)SNC(c2cc(C)cc(C)c2)=C1CCCCCC.CC.CCCC.CCCC(CC)CCC. The van der Waals surface area contributed by atoms with Crippen LogP contribution in [0.1, 0.15) is 195 Å². The standard InChI is InChI=1S/C30H44N2OS.C9H20.C4H10.C2H6/c1-7-8-9-10-13-26-23(4)20-27(30(5,6)29(33)31-16-11-12-24-14-15-24)34-32-28(26)25-18-21(2)17-22(3)19-25;1-4-7-9(6-3)8-5-2;1-3-4-2;1-2/h16-19,24,27,32H,4,7-15,20H2,1-3,5-6H3;9H,4-8H2,1-3H3;3-4H2,1-2H3;1-2H3. The summed E-state index contributed by atoms with van der Waals surface area (Å²) in [6, 6.07) is 6.74. The predicted molar refractivity (Wildman–Crippen MR) is 225 cm³/mol. The van der Waals surface area contributed by atoms with Crippen molar-refractivity contribution in [2.45, 2.75) is 197 Å². The van der Waals surface area contributed by atoms with E-state index in [4.69, 9.17) is 0 Å². The van der Waals surface area contributed by atoms with Crippen LogP contribution in [0.25, 0.3) is 5.70 Å². The van der Waals surface area contributed by atoms with Gasteiger partial charge in [-0.25, -0.2) is 4.99 Å². The Hall–Kier alpha value is -1.81. The second-order valence-electron chi connectivity index (χ2n) is 14.8. The van der Waals surface area contributed by atoms with Gasteiger partial charge in [-0.3, -0.25) is 4.79 Å². The van der Waals surface area contributed by atoms with Crippen molar-refractivity contribution in [2.75, 3.05) is 0 Å². The van der Waals surface area contributed by atoms with Gasteiger partial charge in [0.15, 0.2) is 0 Å². The summed E-state index contributed by atoms with van der Waals surface area (Å²) in [5, 5.41) is 0.0714. The second kappa shape index (κ2) is 27.9. The minimum atomic E-state index is -0.567. The first-order chi connectivity index (χ1) is 23.5. The van der Waals surface area contributed by atoms with Crippen molar-refractivity contribution in [2.24, 2.45) is 22.2 Å². The minimum absolute atomic E-state index is 0.0188. The summed E-state index contributed by atoms with van der Waals surface area (Å²) in [6.45, 7) is 30.4. The van der Waals surface area contributed by atoms with Crippen LogP contribution in [0.2, 0.25) is 0 Å². The van der Waals surface area contributed by atoms with Gasteiger partial charge in [0.2, 0.25) is 0 Å². The molecule has 0 spiro atoms. The number of benzene rings is 1. The molecule has 1 heterocycles. The highest BCUT2D eigenvalue weighted by Crippen LogP contribution is 2.42. The van der Waals surface area contributed by atoms with Gasteiger partial charge in [-0.15, -0.1) is 0 Å². The molecule has 1 aromatic carbocycles. The lowest BCUT2D eigenvalue weighted by Crippen LogP contribution is -2.35. The molecule has 1 unspecified atom stereocenters. The van der Waals surface area contributed by atoms with E-state index in [0.717, 1.165) is 36.7 Å². The molecule has 4 heteroatoms. The number of rotatable bonds is 17. The third kappa shape index (κ3) is 19.4. The summed E-state index contributed by atoms with van der Waals surface area (Å²) in [6.07, 6.45) is 22.9. The summed E-state index contributed by atoms with van der Waals surface area (Å²) in [5.41, 5.74) is 6.85. The van der Waals surface area contributed by atoms with Crippen LogP contribution >= 0.6 is 11.9 Å². The van der Waals surface area contributed by atoms with Crippen LogP contribution in [0.15, 0.2) is 40.9 Å². The van der Waals surface area contributed by atoms with E-state index in [9.17, 15) is 4.79 Å². The number of aliphatic imine (C=N–C) groups is 1. The van der Waals surface area contributed by atoms with Crippen molar-refractivity contribution >= 4 is 29.8 Å². The van der Waals surface area contributed by atoms with Crippen LogP contribution in [0.5, 0.6) is 0 Å². The van der Waals surface area contributed by atoms with Crippen molar-refractivity contribution < 1.29 is 4.79 Å². The third-order valence-electron chi connectivity index (χ3n) is 9.69. The fraction of sp³-hybridized carbons (Fsp3) is 0.733. The van der Waals surface area contributed by atoms with Gasteiger partial charge < -0.3 is 4.72 Å². The third-order valence-corrected chi connectivity index (χ3v) is 11.1. The highest BCUT2D eigenvalue weighted by molar-refractivity contribution is 7.98. The average Bonchev–Trinajstić information content (AvgIpc) is 3.93. The first-order valence-electron chi connectivity index (χ1n) is 20.5. The maximum atomic E-state index is 13.1.